The van der Waals surface area contributed by atoms with Crippen LogP contribution in [-0.4, -0.2) is 88.8 Å². The molecule has 0 bridgehead atoms. The fourth-order valence-electron chi connectivity index (χ4n) is 4.55. The highest BCUT2D eigenvalue weighted by Gasteiger charge is 2.30. The molecular formula is C21H32N6O. The standard InChI is InChI=1S/C21H32N6O/c1-24-9-11-26(12-10-24)18-5-7-27(8-6-18)21(28)19(22)14-16-3-4-20-17(13-16)15-23-25(20)2/h3-4,13,15,18-19H,5-12,14,22H2,1-2H3. The molecule has 152 valence electrons. The molecule has 2 aliphatic rings. The maximum absolute atomic E-state index is 12.9. The Morgan fingerprint density at radius 3 is 2.57 bits per heavy atom. The predicted molar refractivity (Wildman–Crippen MR) is 111 cm³/mol. The van der Waals surface area contributed by atoms with Gasteiger partial charge in [0.1, 0.15) is 0 Å². The first-order chi connectivity index (χ1) is 13.5. The third kappa shape index (κ3) is 4.06. The molecule has 3 heterocycles. The Kier molecular flexibility index (Phi) is 5.66. The quantitative estimate of drug-likeness (QED) is 0.840. The number of fused-ring (bicyclic) bond motifs is 1. The Hall–Kier alpha value is -1.96. The summed E-state index contributed by atoms with van der Waals surface area (Å²) in [4.78, 5) is 19.8. The fraction of sp³-hybridized carbons (Fsp3) is 0.619. The Morgan fingerprint density at radius 1 is 1.14 bits per heavy atom. The number of amides is 1. The number of aromatic nitrogens is 2. The van der Waals surface area contributed by atoms with E-state index < -0.39 is 6.04 Å². The van der Waals surface area contributed by atoms with Crippen molar-refractivity contribution in [3.05, 3.63) is 30.0 Å². The lowest BCUT2D eigenvalue weighted by Crippen LogP contribution is -2.54. The largest absolute Gasteiger partial charge is 0.341 e. The van der Waals surface area contributed by atoms with Gasteiger partial charge < -0.3 is 15.5 Å². The van der Waals surface area contributed by atoms with E-state index >= 15 is 0 Å². The summed E-state index contributed by atoms with van der Waals surface area (Å²) in [5, 5.41) is 5.37. The van der Waals surface area contributed by atoms with Crippen molar-refractivity contribution in [3.8, 4) is 0 Å². The van der Waals surface area contributed by atoms with E-state index in [9.17, 15) is 4.79 Å². The molecule has 7 heteroatoms. The molecule has 1 unspecified atom stereocenters. The Morgan fingerprint density at radius 2 is 1.86 bits per heavy atom. The Bertz CT molecular complexity index is 817. The summed E-state index contributed by atoms with van der Waals surface area (Å²) in [7, 11) is 4.12. The van der Waals surface area contributed by atoms with Crippen molar-refractivity contribution in [2.45, 2.75) is 31.3 Å². The highest BCUT2D eigenvalue weighted by molar-refractivity contribution is 5.83. The summed E-state index contributed by atoms with van der Waals surface area (Å²) in [6.07, 6.45) is 4.55. The number of aryl methyl sites for hydroxylation is 1. The number of hydrogen-bond donors (Lipinski definition) is 1. The first-order valence-corrected chi connectivity index (χ1v) is 10.4. The number of likely N-dealkylation sites (tertiary alicyclic amines) is 1. The van der Waals surface area contributed by atoms with E-state index in [1.807, 2.05) is 22.8 Å². The first kappa shape index (κ1) is 19.4. The number of piperidine rings is 1. The van der Waals surface area contributed by atoms with E-state index in [0.29, 0.717) is 12.5 Å². The third-order valence-electron chi connectivity index (χ3n) is 6.41. The lowest BCUT2D eigenvalue weighted by molar-refractivity contribution is -0.134. The molecule has 4 rings (SSSR count). The molecule has 28 heavy (non-hydrogen) atoms. The van der Waals surface area contributed by atoms with Crippen LogP contribution in [0.25, 0.3) is 10.9 Å². The molecular weight excluding hydrogens is 352 g/mol. The van der Waals surface area contributed by atoms with Crippen molar-refractivity contribution in [2.75, 3.05) is 46.3 Å². The number of piperazine rings is 1. The number of benzene rings is 1. The molecule has 2 aromatic rings. The summed E-state index contributed by atoms with van der Waals surface area (Å²) >= 11 is 0. The minimum atomic E-state index is -0.477. The van der Waals surface area contributed by atoms with Crippen LogP contribution in [0.5, 0.6) is 0 Å². The van der Waals surface area contributed by atoms with Crippen LogP contribution >= 0.6 is 0 Å². The van der Waals surface area contributed by atoms with Crippen LogP contribution in [0.4, 0.5) is 0 Å². The van der Waals surface area contributed by atoms with Crippen molar-refractivity contribution in [1.82, 2.24) is 24.5 Å². The molecule has 0 saturated carbocycles. The number of rotatable bonds is 4. The average Bonchev–Trinajstić information content (AvgIpc) is 3.08. The number of carbonyl (C=O) groups excluding carboxylic acids is 1. The topological polar surface area (TPSA) is 70.6 Å². The summed E-state index contributed by atoms with van der Waals surface area (Å²) in [6, 6.07) is 6.33. The molecule has 1 aromatic heterocycles. The average molecular weight is 385 g/mol. The SMILES string of the molecule is CN1CCN(C2CCN(C(=O)C(N)Cc3ccc4c(cnn4C)c3)CC2)CC1. The molecule has 0 radical (unpaired) electrons. The lowest BCUT2D eigenvalue weighted by Gasteiger charge is -2.42. The van der Waals surface area contributed by atoms with Crippen LogP contribution in [0.3, 0.4) is 0 Å². The zero-order valence-corrected chi connectivity index (χ0v) is 17.0. The molecule has 0 aliphatic carbocycles. The van der Waals surface area contributed by atoms with Crippen molar-refractivity contribution in [2.24, 2.45) is 12.8 Å². The maximum atomic E-state index is 12.9. The smallest absolute Gasteiger partial charge is 0.239 e. The maximum Gasteiger partial charge on any atom is 0.239 e. The number of hydrogen-bond acceptors (Lipinski definition) is 5. The molecule has 2 N–H and O–H groups in total. The highest BCUT2D eigenvalue weighted by atomic mass is 16.2. The minimum Gasteiger partial charge on any atom is -0.341 e. The van der Waals surface area contributed by atoms with E-state index in [0.717, 1.165) is 68.6 Å². The van der Waals surface area contributed by atoms with Crippen molar-refractivity contribution in [1.29, 1.82) is 0 Å². The fourth-order valence-corrected chi connectivity index (χ4v) is 4.55. The van der Waals surface area contributed by atoms with E-state index in [4.69, 9.17) is 5.73 Å². The second-order valence-electron chi connectivity index (χ2n) is 8.37. The molecule has 1 amide bonds. The van der Waals surface area contributed by atoms with Gasteiger partial charge >= 0.3 is 0 Å². The Labute approximate surface area is 167 Å². The van der Waals surface area contributed by atoms with Gasteiger partial charge in [-0.1, -0.05) is 6.07 Å². The van der Waals surface area contributed by atoms with E-state index in [1.165, 1.54) is 0 Å². The zero-order chi connectivity index (χ0) is 19.7. The van der Waals surface area contributed by atoms with E-state index in [2.05, 4.69) is 40.1 Å². The molecule has 0 spiro atoms. The monoisotopic (exact) mass is 384 g/mol. The van der Waals surface area contributed by atoms with Gasteiger partial charge in [0, 0.05) is 57.7 Å². The van der Waals surface area contributed by atoms with Gasteiger partial charge in [-0.15, -0.1) is 0 Å². The third-order valence-corrected chi connectivity index (χ3v) is 6.41. The van der Waals surface area contributed by atoms with Gasteiger partial charge in [0.05, 0.1) is 17.8 Å². The predicted octanol–water partition coefficient (Wildman–Crippen LogP) is 0.682. The van der Waals surface area contributed by atoms with Gasteiger partial charge in [0.25, 0.3) is 0 Å². The number of carbonyl (C=O) groups is 1. The normalized spacial score (nSPS) is 21.3. The minimum absolute atomic E-state index is 0.0862. The highest BCUT2D eigenvalue weighted by Crippen LogP contribution is 2.20. The van der Waals surface area contributed by atoms with Gasteiger partial charge in [-0.2, -0.15) is 5.10 Å². The number of nitrogens with two attached hydrogens (primary N) is 1. The van der Waals surface area contributed by atoms with Gasteiger partial charge in [-0.25, -0.2) is 0 Å². The van der Waals surface area contributed by atoms with Crippen LogP contribution in [0, 0.1) is 0 Å². The summed E-state index contributed by atoms with van der Waals surface area (Å²) in [5.74, 6) is 0.0862. The molecule has 7 nitrogen and oxygen atoms in total. The van der Waals surface area contributed by atoms with Crippen molar-refractivity contribution >= 4 is 16.8 Å². The molecule has 2 saturated heterocycles. The van der Waals surface area contributed by atoms with E-state index in [1.54, 1.807) is 0 Å². The van der Waals surface area contributed by atoms with Gasteiger partial charge in [-0.3, -0.25) is 14.4 Å². The Balaban J connectivity index is 1.30. The van der Waals surface area contributed by atoms with Crippen molar-refractivity contribution in [3.63, 3.8) is 0 Å². The second-order valence-corrected chi connectivity index (χ2v) is 8.37. The van der Waals surface area contributed by atoms with Crippen LogP contribution in [0.15, 0.2) is 24.4 Å². The summed E-state index contributed by atoms with van der Waals surface area (Å²) < 4.78 is 1.86. The van der Waals surface area contributed by atoms with Crippen LogP contribution in [0.2, 0.25) is 0 Å². The van der Waals surface area contributed by atoms with Crippen LogP contribution < -0.4 is 5.73 Å². The summed E-state index contributed by atoms with van der Waals surface area (Å²) in [6.45, 7) is 6.23. The van der Waals surface area contributed by atoms with Crippen LogP contribution in [0.1, 0.15) is 18.4 Å². The lowest BCUT2D eigenvalue weighted by atomic mass is 9.99. The second kappa shape index (κ2) is 8.19. The van der Waals surface area contributed by atoms with Crippen LogP contribution in [-0.2, 0) is 18.3 Å². The first-order valence-electron chi connectivity index (χ1n) is 10.4. The molecule has 1 aromatic carbocycles. The number of nitrogens with zero attached hydrogens (tertiary/aromatic N) is 5. The zero-order valence-electron chi connectivity index (χ0n) is 17.0. The number of likely N-dealkylation sites (N-methyl/N-ethyl adjacent to an activating group) is 1. The molecule has 1 atom stereocenters. The van der Waals surface area contributed by atoms with Gasteiger partial charge in [0.2, 0.25) is 5.91 Å². The van der Waals surface area contributed by atoms with Gasteiger partial charge in [0.15, 0.2) is 0 Å². The molecule has 2 fully saturated rings. The van der Waals surface area contributed by atoms with E-state index in [-0.39, 0.29) is 5.91 Å². The molecule has 2 aliphatic heterocycles. The van der Waals surface area contributed by atoms with Gasteiger partial charge in [-0.05, 0) is 44.0 Å². The van der Waals surface area contributed by atoms with Crippen molar-refractivity contribution < 1.29 is 4.79 Å². The summed E-state index contributed by atoms with van der Waals surface area (Å²) in [5.41, 5.74) is 8.48.